The summed E-state index contributed by atoms with van der Waals surface area (Å²) < 4.78 is 0. The molecule has 4 aromatic rings. The molecule has 0 saturated carbocycles. The third-order valence-electron chi connectivity index (χ3n) is 4.80. The quantitative estimate of drug-likeness (QED) is 0.429. The van der Waals surface area contributed by atoms with Crippen molar-refractivity contribution >= 4 is 34.1 Å². The van der Waals surface area contributed by atoms with Gasteiger partial charge < -0.3 is 5.11 Å². The molecule has 2 heterocycles. The maximum Gasteiger partial charge on any atom is 0.145 e. The van der Waals surface area contributed by atoms with Crippen LogP contribution in [0.3, 0.4) is 0 Å². The average Bonchev–Trinajstić information content (AvgIpc) is 2.66. The fourth-order valence-electron chi connectivity index (χ4n) is 3.53. The van der Waals surface area contributed by atoms with Gasteiger partial charge in [-0.15, -0.1) is 0 Å². The second kappa shape index (κ2) is 7.78. The monoisotopic (exact) mass is 408 g/mol. The molecular formula is C23H18Cl2N2O. The lowest BCUT2D eigenvalue weighted by atomic mass is 9.86. The molecule has 28 heavy (non-hydrogen) atoms. The SMILES string of the molecule is Cc1cccc(CC(c2cc(Cl)cc(Cl)c2)c2ccc3cccnc3c2O)n1. The molecule has 0 saturated heterocycles. The first-order valence-electron chi connectivity index (χ1n) is 8.96. The van der Waals surface area contributed by atoms with Crippen LogP contribution >= 0.6 is 23.2 Å². The molecule has 0 fully saturated rings. The van der Waals surface area contributed by atoms with E-state index in [1.165, 1.54) is 0 Å². The molecule has 2 aromatic heterocycles. The molecule has 0 spiro atoms. The summed E-state index contributed by atoms with van der Waals surface area (Å²) in [7, 11) is 0. The van der Waals surface area contributed by atoms with Gasteiger partial charge in [-0.3, -0.25) is 9.97 Å². The van der Waals surface area contributed by atoms with Gasteiger partial charge in [0.25, 0.3) is 0 Å². The highest BCUT2D eigenvalue weighted by Crippen LogP contribution is 2.39. The lowest BCUT2D eigenvalue weighted by Gasteiger charge is -2.20. The fourth-order valence-corrected chi connectivity index (χ4v) is 4.08. The number of rotatable bonds is 4. The summed E-state index contributed by atoms with van der Waals surface area (Å²) in [5, 5.41) is 13.0. The zero-order valence-electron chi connectivity index (χ0n) is 15.2. The van der Waals surface area contributed by atoms with E-state index in [1.807, 2.05) is 61.5 Å². The van der Waals surface area contributed by atoms with Gasteiger partial charge in [-0.2, -0.15) is 0 Å². The maximum atomic E-state index is 11.0. The van der Waals surface area contributed by atoms with E-state index < -0.39 is 0 Å². The summed E-state index contributed by atoms with van der Waals surface area (Å²) in [6, 6.07) is 19.1. The van der Waals surface area contributed by atoms with E-state index in [4.69, 9.17) is 23.2 Å². The number of halogens is 2. The van der Waals surface area contributed by atoms with Gasteiger partial charge in [-0.25, -0.2) is 0 Å². The van der Waals surface area contributed by atoms with Crippen molar-refractivity contribution < 1.29 is 5.11 Å². The standard InChI is InChI=1S/C23H18Cl2N2O/c1-14-4-2-6-19(27-14)13-21(16-10-17(24)12-18(25)11-16)20-8-7-15-5-3-9-26-22(15)23(20)28/h2-12,21,28H,13H2,1H3. The molecule has 0 aliphatic rings. The molecule has 1 unspecified atom stereocenters. The summed E-state index contributed by atoms with van der Waals surface area (Å²) in [5.74, 6) is 0.00348. The third kappa shape index (κ3) is 3.82. The van der Waals surface area contributed by atoms with Crippen LogP contribution in [0.4, 0.5) is 0 Å². The first kappa shape index (κ1) is 18.7. The van der Waals surface area contributed by atoms with Gasteiger partial charge in [0.1, 0.15) is 11.3 Å². The van der Waals surface area contributed by atoms with Gasteiger partial charge in [0.05, 0.1) is 0 Å². The topological polar surface area (TPSA) is 46.0 Å². The van der Waals surface area contributed by atoms with Crippen LogP contribution in [-0.2, 0) is 6.42 Å². The first-order chi connectivity index (χ1) is 13.5. The van der Waals surface area contributed by atoms with E-state index in [1.54, 1.807) is 12.3 Å². The number of phenolic OH excluding ortho intramolecular Hbond substituents is 1. The molecule has 140 valence electrons. The van der Waals surface area contributed by atoms with Gasteiger partial charge >= 0.3 is 0 Å². The van der Waals surface area contributed by atoms with Gasteiger partial charge in [-0.1, -0.05) is 47.5 Å². The summed E-state index contributed by atoms with van der Waals surface area (Å²) in [4.78, 5) is 8.99. The molecule has 0 bridgehead atoms. The van der Waals surface area contributed by atoms with E-state index in [2.05, 4.69) is 9.97 Å². The lowest BCUT2D eigenvalue weighted by molar-refractivity contribution is 0.469. The molecule has 0 radical (unpaired) electrons. The highest BCUT2D eigenvalue weighted by molar-refractivity contribution is 6.34. The lowest BCUT2D eigenvalue weighted by Crippen LogP contribution is -2.08. The smallest absolute Gasteiger partial charge is 0.145 e. The molecular weight excluding hydrogens is 391 g/mol. The normalized spacial score (nSPS) is 12.2. The van der Waals surface area contributed by atoms with Crippen LogP contribution in [0, 0.1) is 6.92 Å². The largest absolute Gasteiger partial charge is 0.505 e. The Morgan fingerprint density at radius 3 is 2.50 bits per heavy atom. The van der Waals surface area contributed by atoms with Crippen LogP contribution < -0.4 is 0 Å². The van der Waals surface area contributed by atoms with Crippen molar-refractivity contribution in [2.75, 3.05) is 0 Å². The van der Waals surface area contributed by atoms with Crippen molar-refractivity contribution in [3.63, 3.8) is 0 Å². The van der Waals surface area contributed by atoms with Crippen LogP contribution in [0.15, 0.2) is 66.9 Å². The molecule has 1 atom stereocenters. The number of phenols is 1. The Hall–Kier alpha value is -2.62. The maximum absolute atomic E-state index is 11.0. The molecule has 5 heteroatoms. The van der Waals surface area contributed by atoms with Crippen molar-refractivity contribution in [3.05, 3.63) is 99.4 Å². The van der Waals surface area contributed by atoms with Crippen LogP contribution in [0.5, 0.6) is 5.75 Å². The van der Waals surface area contributed by atoms with Gasteiger partial charge in [0.15, 0.2) is 0 Å². The van der Waals surface area contributed by atoms with E-state index in [9.17, 15) is 5.11 Å². The number of hydrogen-bond donors (Lipinski definition) is 1. The van der Waals surface area contributed by atoms with Gasteiger partial charge in [0.2, 0.25) is 0 Å². The minimum atomic E-state index is -0.170. The van der Waals surface area contributed by atoms with E-state index in [-0.39, 0.29) is 11.7 Å². The van der Waals surface area contributed by atoms with Crippen LogP contribution in [0.25, 0.3) is 10.9 Å². The van der Waals surface area contributed by atoms with Crippen molar-refractivity contribution in [1.29, 1.82) is 0 Å². The van der Waals surface area contributed by atoms with Crippen molar-refractivity contribution in [3.8, 4) is 5.75 Å². The molecule has 0 aliphatic carbocycles. The summed E-state index contributed by atoms with van der Waals surface area (Å²) >= 11 is 12.5. The zero-order chi connectivity index (χ0) is 19.7. The summed E-state index contributed by atoms with van der Waals surface area (Å²) in [5.41, 5.74) is 4.15. The molecule has 0 amide bonds. The number of aryl methyl sites for hydroxylation is 1. The Morgan fingerprint density at radius 2 is 1.75 bits per heavy atom. The second-order valence-corrected chi connectivity index (χ2v) is 7.68. The Kier molecular flexibility index (Phi) is 5.21. The highest BCUT2D eigenvalue weighted by Gasteiger charge is 2.22. The number of hydrogen-bond acceptors (Lipinski definition) is 3. The van der Waals surface area contributed by atoms with Crippen molar-refractivity contribution in [2.24, 2.45) is 0 Å². The van der Waals surface area contributed by atoms with E-state index in [0.717, 1.165) is 27.9 Å². The fraction of sp³-hybridized carbons (Fsp3) is 0.130. The van der Waals surface area contributed by atoms with E-state index in [0.29, 0.717) is 22.0 Å². The van der Waals surface area contributed by atoms with Crippen molar-refractivity contribution in [2.45, 2.75) is 19.3 Å². The number of aromatic nitrogens is 2. The molecule has 4 rings (SSSR count). The van der Waals surface area contributed by atoms with E-state index >= 15 is 0 Å². The summed E-state index contributed by atoms with van der Waals surface area (Å²) in [6.45, 7) is 1.96. The molecule has 3 nitrogen and oxygen atoms in total. The molecule has 0 aliphatic heterocycles. The van der Waals surface area contributed by atoms with Crippen molar-refractivity contribution in [1.82, 2.24) is 9.97 Å². The Balaban J connectivity index is 1.88. The first-order valence-corrected chi connectivity index (χ1v) is 9.72. The second-order valence-electron chi connectivity index (χ2n) is 6.81. The highest BCUT2D eigenvalue weighted by atomic mass is 35.5. The Morgan fingerprint density at radius 1 is 0.964 bits per heavy atom. The van der Waals surface area contributed by atoms with Crippen LogP contribution in [0.2, 0.25) is 10.0 Å². The predicted octanol–water partition coefficient (Wildman–Crippen LogP) is 6.33. The minimum Gasteiger partial charge on any atom is -0.505 e. The number of pyridine rings is 2. The predicted molar refractivity (Wildman–Crippen MR) is 114 cm³/mol. The molecule has 1 N–H and O–H groups in total. The van der Waals surface area contributed by atoms with Crippen LogP contribution in [0.1, 0.15) is 28.4 Å². The van der Waals surface area contributed by atoms with Gasteiger partial charge in [-0.05, 0) is 48.9 Å². The Bertz CT molecular complexity index is 1140. The van der Waals surface area contributed by atoms with Crippen LogP contribution in [-0.4, -0.2) is 15.1 Å². The number of fused-ring (bicyclic) bond motifs is 1. The summed E-state index contributed by atoms with van der Waals surface area (Å²) in [6.07, 6.45) is 2.28. The van der Waals surface area contributed by atoms with Gasteiger partial charge in [0, 0.05) is 50.9 Å². The number of aromatic hydroxyl groups is 1. The minimum absolute atomic E-state index is 0.170. The molecule has 2 aromatic carbocycles. The number of nitrogens with zero attached hydrogens (tertiary/aromatic N) is 2. The average molecular weight is 409 g/mol. The third-order valence-corrected chi connectivity index (χ3v) is 5.24. The zero-order valence-corrected chi connectivity index (χ0v) is 16.7. The number of benzene rings is 2. The Labute approximate surface area is 173 Å².